The molecule has 4 heteroatoms. The van der Waals surface area contributed by atoms with Crippen molar-refractivity contribution in [2.24, 2.45) is 5.73 Å². The maximum absolute atomic E-state index is 5.82. The second kappa shape index (κ2) is 7.62. The van der Waals surface area contributed by atoms with Gasteiger partial charge in [0.2, 0.25) is 0 Å². The van der Waals surface area contributed by atoms with Crippen molar-refractivity contribution in [3.63, 3.8) is 0 Å². The van der Waals surface area contributed by atoms with Crippen LogP contribution in [0.1, 0.15) is 19.4 Å². The number of ether oxygens (including phenoxy) is 2. The molecule has 0 radical (unpaired) electrons. The quantitative estimate of drug-likeness (QED) is 0.860. The van der Waals surface area contributed by atoms with Crippen molar-refractivity contribution >= 4 is 0 Å². The largest absolute Gasteiger partial charge is 0.491 e. The molecule has 0 bridgehead atoms. The van der Waals surface area contributed by atoms with Crippen LogP contribution < -0.4 is 10.5 Å². The molecule has 1 atom stereocenters. The molecule has 2 rings (SSSR count). The Kier molecular flexibility index (Phi) is 5.83. The molecule has 0 aliphatic carbocycles. The third kappa shape index (κ3) is 4.47. The van der Waals surface area contributed by atoms with Crippen LogP contribution in [0.3, 0.4) is 0 Å². The highest BCUT2D eigenvalue weighted by Crippen LogP contribution is 2.15. The third-order valence-corrected chi connectivity index (χ3v) is 3.69. The minimum Gasteiger partial charge on any atom is -0.491 e. The van der Waals surface area contributed by atoms with Gasteiger partial charge in [-0.15, -0.1) is 0 Å². The van der Waals surface area contributed by atoms with Gasteiger partial charge in [0.05, 0.1) is 6.61 Å². The third-order valence-electron chi connectivity index (χ3n) is 3.69. The van der Waals surface area contributed by atoms with Gasteiger partial charge < -0.3 is 15.2 Å². The van der Waals surface area contributed by atoms with E-state index in [1.165, 1.54) is 5.56 Å². The lowest BCUT2D eigenvalue weighted by Gasteiger charge is -2.35. The van der Waals surface area contributed by atoms with Gasteiger partial charge in [-0.25, -0.2) is 0 Å². The molecule has 0 amide bonds. The molecule has 1 aromatic rings. The van der Waals surface area contributed by atoms with Crippen LogP contribution in [0, 0.1) is 0 Å². The minimum absolute atomic E-state index is 0.162. The van der Waals surface area contributed by atoms with Gasteiger partial charge in [0.15, 0.2) is 0 Å². The van der Waals surface area contributed by atoms with E-state index in [-0.39, 0.29) is 6.10 Å². The number of morpholine rings is 1. The lowest BCUT2D eigenvalue weighted by Crippen LogP contribution is -2.47. The second-order valence-electron chi connectivity index (χ2n) is 5.58. The van der Waals surface area contributed by atoms with Crippen molar-refractivity contribution in [1.82, 2.24) is 4.90 Å². The van der Waals surface area contributed by atoms with E-state index in [1.54, 1.807) is 0 Å². The topological polar surface area (TPSA) is 47.7 Å². The van der Waals surface area contributed by atoms with Gasteiger partial charge >= 0.3 is 0 Å². The Morgan fingerprint density at radius 1 is 1.35 bits per heavy atom. The van der Waals surface area contributed by atoms with E-state index in [0.29, 0.717) is 19.2 Å². The average molecular weight is 278 g/mol. The van der Waals surface area contributed by atoms with E-state index in [1.807, 2.05) is 12.1 Å². The molecule has 1 saturated heterocycles. The normalized spacial score (nSPS) is 20.3. The molecule has 0 spiro atoms. The number of hydrogen-bond acceptors (Lipinski definition) is 4. The summed E-state index contributed by atoms with van der Waals surface area (Å²) in [7, 11) is 0. The summed E-state index contributed by atoms with van der Waals surface area (Å²) in [5.74, 6) is 0.899. The summed E-state index contributed by atoms with van der Waals surface area (Å²) in [5, 5.41) is 0. The van der Waals surface area contributed by atoms with Crippen molar-refractivity contribution < 1.29 is 9.47 Å². The predicted octanol–water partition coefficient (Wildman–Crippen LogP) is 1.68. The first-order valence-corrected chi connectivity index (χ1v) is 7.46. The number of benzene rings is 1. The van der Waals surface area contributed by atoms with Gasteiger partial charge in [-0.3, -0.25) is 4.90 Å². The van der Waals surface area contributed by atoms with Crippen LogP contribution in [0.5, 0.6) is 5.75 Å². The zero-order chi connectivity index (χ0) is 14.4. The standard InChI is InChI=1S/C16H26N2O2/c1-13(2)18-9-10-19-16(11-18)12-20-15-5-3-14(4-6-15)7-8-17/h3-6,13,16H,7-12,17H2,1-2H3. The molecule has 2 N–H and O–H groups in total. The second-order valence-corrected chi connectivity index (χ2v) is 5.58. The van der Waals surface area contributed by atoms with Crippen LogP contribution in [0.2, 0.25) is 0 Å². The highest BCUT2D eigenvalue weighted by atomic mass is 16.5. The fourth-order valence-corrected chi connectivity index (χ4v) is 2.42. The van der Waals surface area contributed by atoms with E-state index >= 15 is 0 Å². The summed E-state index contributed by atoms with van der Waals surface area (Å²) >= 11 is 0. The molecule has 1 aromatic carbocycles. The fraction of sp³-hybridized carbons (Fsp3) is 0.625. The van der Waals surface area contributed by atoms with Crippen molar-refractivity contribution in [1.29, 1.82) is 0 Å². The maximum Gasteiger partial charge on any atom is 0.119 e. The van der Waals surface area contributed by atoms with E-state index < -0.39 is 0 Å². The molecule has 1 aliphatic rings. The monoisotopic (exact) mass is 278 g/mol. The number of hydrogen-bond donors (Lipinski definition) is 1. The molecule has 20 heavy (non-hydrogen) atoms. The molecule has 0 saturated carbocycles. The van der Waals surface area contributed by atoms with Crippen molar-refractivity contribution in [2.45, 2.75) is 32.4 Å². The van der Waals surface area contributed by atoms with Crippen LogP contribution >= 0.6 is 0 Å². The summed E-state index contributed by atoms with van der Waals surface area (Å²) in [6.45, 7) is 8.49. The molecular formula is C16H26N2O2. The highest BCUT2D eigenvalue weighted by molar-refractivity contribution is 5.27. The summed E-state index contributed by atoms with van der Waals surface area (Å²) in [5.41, 5.74) is 6.79. The van der Waals surface area contributed by atoms with Gasteiger partial charge in [0, 0.05) is 19.1 Å². The molecule has 1 heterocycles. The van der Waals surface area contributed by atoms with Crippen molar-refractivity contribution in [3.05, 3.63) is 29.8 Å². The SMILES string of the molecule is CC(C)N1CCOC(COc2ccc(CCN)cc2)C1. The number of rotatable bonds is 6. The molecule has 0 aromatic heterocycles. The Bertz CT molecular complexity index is 392. The Balaban J connectivity index is 1.79. The van der Waals surface area contributed by atoms with Gasteiger partial charge in [0.1, 0.15) is 18.5 Å². The first-order valence-electron chi connectivity index (χ1n) is 7.46. The van der Waals surface area contributed by atoms with Gasteiger partial charge in [0.25, 0.3) is 0 Å². The molecule has 112 valence electrons. The minimum atomic E-state index is 0.162. The van der Waals surface area contributed by atoms with E-state index in [9.17, 15) is 0 Å². The highest BCUT2D eigenvalue weighted by Gasteiger charge is 2.22. The van der Waals surface area contributed by atoms with Crippen molar-refractivity contribution in [2.75, 3.05) is 32.8 Å². The lowest BCUT2D eigenvalue weighted by molar-refractivity contribution is -0.0564. The maximum atomic E-state index is 5.82. The smallest absolute Gasteiger partial charge is 0.119 e. The van der Waals surface area contributed by atoms with E-state index in [4.69, 9.17) is 15.2 Å². The van der Waals surface area contributed by atoms with Crippen LogP contribution in [-0.2, 0) is 11.2 Å². The average Bonchev–Trinajstić information content (AvgIpc) is 2.47. The molecular weight excluding hydrogens is 252 g/mol. The lowest BCUT2D eigenvalue weighted by atomic mass is 10.1. The Labute approximate surface area is 121 Å². The van der Waals surface area contributed by atoms with Crippen LogP contribution in [0.4, 0.5) is 0 Å². The van der Waals surface area contributed by atoms with Crippen LogP contribution in [0.15, 0.2) is 24.3 Å². The zero-order valence-corrected chi connectivity index (χ0v) is 12.5. The van der Waals surface area contributed by atoms with Gasteiger partial charge in [-0.05, 0) is 44.5 Å². The first-order chi connectivity index (χ1) is 9.69. The fourth-order valence-electron chi connectivity index (χ4n) is 2.42. The Hall–Kier alpha value is -1.10. The summed E-state index contributed by atoms with van der Waals surface area (Å²) in [6.07, 6.45) is 1.07. The number of nitrogens with two attached hydrogens (primary N) is 1. The van der Waals surface area contributed by atoms with Crippen LogP contribution in [-0.4, -0.2) is 49.9 Å². The van der Waals surface area contributed by atoms with Gasteiger partial charge in [-0.1, -0.05) is 12.1 Å². The molecule has 1 fully saturated rings. The predicted molar refractivity (Wildman–Crippen MR) is 81.1 cm³/mol. The van der Waals surface area contributed by atoms with Crippen molar-refractivity contribution in [3.8, 4) is 5.75 Å². The molecule has 1 aliphatic heterocycles. The van der Waals surface area contributed by atoms with E-state index in [0.717, 1.165) is 31.9 Å². The number of nitrogens with zero attached hydrogens (tertiary/aromatic N) is 1. The Morgan fingerprint density at radius 2 is 2.10 bits per heavy atom. The summed E-state index contributed by atoms with van der Waals surface area (Å²) in [6, 6.07) is 8.73. The summed E-state index contributed by atoms with van der Waals surface area (Å²) < 4.78 is 11.6. The van der Waals surface area contributed by atoms with Crippen LogP contribution in [0.25, 0.3) is 0 Å². The van der Waals surface area contributed by atoms with Gasteiger partial charge in [-0.2, -0.15) is 0 Å². The zero-order valence-electron chi connectivity index (χ0n) is 12.5. The molecule has 4 nitrogen and oxygen atoms in total. The summed E-state index contributed by atoms with van der Waals surface area (Å²) in [4.78, 5) is 2.43. The first kappa shape index (κ1) is 15.3. The van der Waals surface area contributed by atoms with E-state index in [2.05, 4.69) is 30.9 Å². The molecule has 1 unspecified atom stereocenters. The Morgan fingerprint density at radius 3 is 2.75 bits per heavy atom.